The highest BCUT2D eigenvalue weighted by Gasteiger charge is 2.47. The normalized spacial score (nSPS) is 24.5. The summed E-state index contributed by atoms with van der Waals surface area (Å²) in [6.45, 7) is 3.66. The number of hydrogen-bond acceptors (Lipinski definition) is 24. The van der Waals surface area contributed by atoms with Gasteiger partial charge < -0.3 is 124 Å². The molecule has 3 aromatic carbocycles. The Morgan fingerprint density at radius 1 is 0.551 bits per heavy atom. The summed E-state index contributed by atoms with van der Waals surface area (Å²) in [4.78, 5) is 293. The van der Waals surface area contributed by atoms with E-state index >= 15 is 38.4 Å². The number of aromatic amines is 3. The van der Waals surface area contributed by atoms with Crippen molar-refractivity contribution in [3.63, 3.8) is 0 Å². The number of fused-ring (bicyclic) bond motifs is 4. The summed E-state index contributed by atoms with van der Waals surface area (Å²) >= 11 is 0.692. The van der Waals surface area contributed by atoms with Gasteiger partial charge >= 0.3 is 11.9 Å². The number of Topliss-reactive ketones (excluding diaryl/α,β-unsaturated/α-hetero) is 1. The van der Waals surface area contributed by atoms with Gasteiger partial charge in [-0.05, 0) is 106 Å². The van der Waals surface area contributed by atoms with Crippen LogP contribution in [-0.2, 0) is 117 Å². The molecule has 6 aromatic rings. The topological polar surface area (TPSA) is 648 Å². The number of likely N-dealkylation sites (N-methyl/N-ethyl adjacent to an activating group) is 3. The molecule has 20 N–H and O–H groups in total. The fourth-order valence-corrected chi connectivity index (χ4v) is 17.9. The van der Waals surface area contributed by atoms with Crippen LogP contribution in [0.15, 0.2) is 97.7 Å². The number of hydrogen-bond donors (Lipinski definition) is 19. The number of unbranched alkanes of at least 4 members (excludes halogenated alkanes) is 3. The zero-order chi connectivity index (χ0) is 101. The Labute approximate surface area is 799 Å². The molecule has 0 saturated carbocycles. The van der Waals surface area contributed by atoms with Crippen LogP contribution in [0.4, 0.5) is 0 Å². The molecule has 0 spiro atoms. The lowest BCUT2D eigenvalue weighted by atomic mass is 9.90. The minimum Gasteiger partial charge on any atom is -0.508 e. The maximum absolute atomic E-state index is 15.7. The molecule has 3 aliphatic heterocycles. The van der Waals surface area contributed by atoms with Crippen molar-refractivity contribution in [1.29, 1.82) is 0 Å². The van der Waals surface area contributed by atoms with E-state index in [2.05, 4.69) is 73.1 Å². The van der Waals surface area contributed by atoms with Crippen molar-refractivity contribution in [2.24, 2.45) is 11.7 Å². The molecule has 3 aromatic heterocycles. The number of aliphatic carboxylic acids is 2. The third-order valence-electron chi connectivity index (χ3n) is 24.8. The quantitative estimate of drug-likeness (QED) is 0.0252. The summed E-state index contributed by atoms with van der Waals surface area (Å²) in [5, 5.41) is 80.4. The minimum atomic E-state index is -1.94. The Morgan fingerprint density at radius 3 is 1.75 bits per heavy atom. The van der Waals surface area contributed by atoms with Crippen LogP contribution in [0.1, 0.15) is 153 Å². The molecule has 3 saturated heterocycles. The maximum Gasteiger partial charge on any atom is 0.305 e. The van der Waals surface area contributed by atoms with Crippen molar-refractivity contribution in [2.45, 2.75) is 241 Å². The molecule has 3 fully saturated rings. The smallest absolute Gasteiger partial charge is 0.305 e. The highest BCUT2D eigenvalue weighted by molar-refractivity contribution is 8.00. The van der Waals surface area contributed by atoms with E-state index in [9.17, 15) is 78.3 Å². The van der Waals surface area contributed by atoms with E-state index in [-0.39, 0.29) is 114 Å². The number of rotatable bonds is 28. The third-order valence-corrected chi connectivity index (χ3v) is 25.9. The van der Waals surface area contributed by atoms with Gasteiger partial charge in [-0.1, -0.05) is 88.1 Å². The number of aliphatic hydroxyl groups is 2. The number of carbonyl (C=O) groups excluding carboxylic acids is 17. The molecule has 0 bridgehead atoms. The minimum absolute atomic E-state index is 0.0523. The number of ketones is 1. The number of carboxylic acids is 2. The molecular weight excluding hydrogens is 1810 g/mol. The number of carboxylic acid groups (broad SMARTS) is 2. The summed E-state index contributed by atoms with van der Waals surface area (Å²) in [7, 11) is 3.76. The van der Waals surface area contributed by atoms with Gasteiger partial charge in [-0.15, -0.1) is 11.8 Å². The Balaban J connectivity index is 1.11. The van der Waals surface area contributed by atoms with Crippen LogP contribution in [0.2, 0.25) is 0 Å². The Hall–Kier alpha value is -13.9. The monoisotopic (exact) mass is 1940 g/mol. The second-order valence-electron chi connectivity index (χ2n) is 35.0. The van der Waals surface area contributed by atoms with Crippen molar-refractivity contribution in [3.05, 3.63) is 120 Å². The molecule has 3 aliphatic rings. The molecule has 15 atom stereocenters. The number of nitrogens with two attached hydrogens (primary N) is 1. The number of nitrogens with one attached hydrogen (secondary N) is 13. The summed E-state index contributed by atoms with van der Waals surface area (Å²) in [5.41, 5.74) is 8.19. The molecule has 0 unspecified atom stereocenters. The van der Waals surface area contributed by atoms with Gasteiger partial charge in [-0.3, -0.25) is 91.1 Å². The van der Waals surface area contributed by atoms with Crippen molar-refractivity contribution in [3.8, 4) is 5.75 Å². The van der Waals surface area contributed by atoms with Crippen molar-refractivity contribution in [2.75, 3.05) is 65.4 Å². The lowest BCUT2D eigenvalue weighted by Gasteiger charge is -2.36. The third kappa shape index (κ3) is 30.3. The number of phenolic OH excluding ortho intramolecular Hbond substituents is 1. The van der Waals surface area contributed by atoms with Gasteiger partial charge in [-0.2, -0.15) is 0 Å². The zero-order valence-electron chi connectivity index (χ0n) is 78.2. The molecule has 0 radical (unpaired) electrons. The van der Waals surface area contributed by atoms with Crippen molar-refractivity contribution < 1.29 is 117 Å². The summed E-state index contributed by atoms with van der Waals surface area (Å²) in [6.07, 6.45) is 1.25. The summed E-state index contributed by atoms with van der Waals surface area (Å²) in [6, 6.07) is -1.80. The van der Waals surface area contributed by atoms with Crippen LogP contribution in [0, 0.1) is 5.92 Å². The highest BCUT2D eigenvalue weighted by Crippen LogP contribution is 2.30. The second-order valence-corrected chi connectivity index (χ2v) is 36.0. The van der Waals surface area contributed by atoms with E-state index < -0.39 is 254 Å². The van der Waals surface area contributed by atoms with Crippen LogP contribution >= 0.6 is 11.8 Å². The summed E-state index contributed by atoms with van der Waals surface area (Å²) in [5.74, 6) is -21.9. The lowest BCUT2D eigenvalue weighted by molar-refractivity contribution is -0.149. The zero-order valence-corrected chi connectivity index (χ0v) is 79.0. The number of carbonyl (C=O) groups is 19. The molecule has 138 heavy (non-hydrogen) atoms. The number of imidazole rings is 1. The molecule has 6 heterocycles. The van der Waals surface area contributed by atoms with Gasteiger partial charge in [0, 0.05) is 138 Å². The van der Waals surface area contributed by atoms with Gasteiger partial charge in [0.25, 0.3) is 0 Å². The van der Waals surface area contributed by atoms with Gasteiger partial charge in [0.2, 0.25) is 94.5 Å². The number of para-hydroxylation sites is 2. The number of phenols is 1. The lowest BCUT2D eigenvalue weighted by Crippen LogP contribution is -2.61. The SMILES string of the molecule is CCCC[C@H]1C(=O)N(C)[C@@H](CCCC)C(=O)N[C@@H](CCC(=O)O)C(=O)N[C@H](C(=O)NCC(N)=O)CSCC(=O)N[C@@H](Cc2ccc(O)cc2)C(=O)N(C)[C@@H](C)C(=O)N[C@@H](CC(=O)O)C(=O)N2CCC[C@H]2C(=O)N[C@@H](Cc2c[nH]cn2)C(=O)N[C@@H](CCCCNC(C)=O)C(=O)N2C[C@H](O)C[C@H]2C(=O)C[C@@H](Cc2c[nH]c3ccccc23)C(=O)N[C@@H](CO)C(=O)N[C@@H](Cc2c[nH]c3ccccc23)C(=O)N1C. The molecule has 0 aliphatic carbocycles. The number of aliphatic hydroxyl groups excluding tert-OH is 2. The Bertz CT molecular complexity index is 5340. The van der Waals surface area contributed by atoms with Crippen LogP contribution in [0.5, 0.6) is 5.75 Å². The molecule has 45 heteroatoms. The van der Waals surface area contributed by atoms with Gasteiger partial charge in [-0.25, -0.2) is 4.98 Å². The van der Waals surface area contributed by atoms with Gasteiger partial charge in [0.05, 0.1) is 49.5 Å². The number of benzene rings is 3. The molecular formula is C93H126N20O24S. The molecule has 748 valence electrons. The average Bonchev–Trinajstić information content (AvgIpc) is 1.58. The van der Waals surface area contributed by atoms with E-state index in [4.69, 9.17) is 5.73 Å². The predicted octanol–water partition coefficient (Wildman–Crippen LogP) is -1.38. The first-order valence-corrected chi connectivity index (χ1v) is 47.3. The van der Waals surface area contributed by atoms with Gasteiger partial charge in [0.15, 0.2) is 5.78 Å². The Morgan fingerprint density at radius 2 is 1.13 bits per heavy atom. The number of H-pyrrole nitrogens is 3. The number of aromatic hydroxyl groups is 1. The average molecular weight is 1940 g/mol. The van der Waals surface area contributed by atoms with Crippen molar-refractivity contribution in [1.82, 2.24) is 97.6 Å². The first-order valence-electron chi connectivity index (χ1n) is 46.1. The Kier molecular flexibility index (Phi) is 40.6. The highest BCUT2D eigenvalue weighted by atomic mass is 32.2. The van der Waals surface area contributed by atoms with E-state index in [0.717, 1.165) is 24.5 Å². The van der Waals surface area contributed by atoms with Crippen molar-refractivity contribution >= 4 is 146 Å². The molecule has 44 nitrogen and oxygen atoms in total. The first kappa shape index (κ1) is 108. The summed E-state index contributed by atoms with van der Waals surface area (Å²) < 4.78 is 0. The number of amides is 16. The van der Waals surface area contributed by atoms with E-state index in [1.807, 2.05) is 6.92 Å². The van der Waals surface area contributed by atoms with Gasteiger partial charge in [0.1, 0.15) is 78.3 Å². The number of aromatic nitrogens is 4. The number of nitrogens with zero attached hydrogens (tertiary/aromatic N) is 6. The van der Waals surface area contributed by atoms with Crippen LogP contribution in [-0.4, -0.2) is 332 Å². The maximum atomic E-state index is 15.7. The molecule has 9 rings (SSSR count). The number of primary amides is 1. The van der Waals surface area contributed by atoms with Crippen LogP contribution < -0.4 is 58.9 Å². The van der Waals surface area contributed by atoms with E-state index in [0.29, 0.717) is 69.5 Å². The van der Waals surface area contributed by atoms with E-state index in [1.165, 1.54) is 71.8 Å². The first-order chi connectivity index (χ1) is 65.8. The molecule has 16 amide bonds. The fourth-order valence-electron chi connectivity index (χ4n) is 17.1. The van der Waals surface area contributed by atoms with E-state index in [1.54, 1.807) is 67.8 Å². The standard InChI is InChI=1S/C93H126N20O24S/c1-8-10-24-72-87(131)102-64(31-32-79(121)122)84(128)108-71(83(127)99-45-77(94)119)48-138-49-78(120)101-67(35-53-27-29-58(116)30-28-53)89(133)109(5)51(3)81(125)105-69(41-80(123)124)92(136)112-34-18-26-73(112)88(132)104-66(39-57-44-95-50-100-57)85(129)103-65(23-16-17-33-96-52(4)115)91(135)113-46-59(117)40-75(113)76(118)38-54(36-55-42-97-62-21-14-12-19-60(55)62)82(126)107-70(47-114)86(130)106-68(37-56-43-98-63-22-15-13-20-61(56)63)90(134)111(7)74(25-11-9-2)93(137)110(72)6/h12-15,19-22,27-30,42-44,50-51,54,59,64-75,97-98,114,116-117H,8-11,16-18,23-26,31-41,45-49H2,1-7H3,(H2,94,119)(H,95,100)(H,96,115)(H,99,127)(H,101,120)(H,102,131)(H,103,129)(H,104,132)(H,105,125)(H,106,130)(H,107,126)(H,108,128)(H,121,122)(H,123,124)/t51-,54+,59+,64-,65-,66-,67-,68-,69-,70-,71-,72-,73-,74-,75-/m0/s1. The number of thioether (sulfide) groups is 1. The second kappa shape index (κ2) is 51.9. The largest absolute Gasteiger partial charge is 0.508 e. The predicted molar refractivity (Wildman–Crippen MR) is 500 cm³/mol. The van der Waals surface area contributed by atoms with Crippen LogP contribution in [0.3, 0.4) is 0 Å². The van der Waals surface area contributed by atoms with Crippen LogP contribution in [0.25, 0.3) is 21.8 Å². The fraction of sp³-hybridized carbons (Fsp3) is 0.527.